The maximum atomic E-state index is 6.29. The van der Waals surface area contributed by atoms with E-state index < -0.39 is 0 Å². The minimum absolute atomic E-state index is 0.0158. The molecule has 4 rings (SSSR count). The van der Waals surface area contributed by atoms with Crippen molar-refractivity contribution in [3.8, 4) is 5.88 Å². The largest absolute Gasteiger partial charge is 0.477 e. The van der Waals surface area contributed by atoms with Gasteiger partial charge in [-0.15, -0.1) is 0 Å². The van der Waals surface area contributed by atoms with E-state index in [1.54, 1.807) is 29.2 Å². The monoisotopic (exact) mass is 392 g/mol. The van der Waals surface area contributed by atoms with Crippen molar-refractivity contribution in [1.29, 1.82) is 0 Å². The molecule has 2 atom stereocenters. The van der Waals surface area contributed by atoms with Crippen LogP contribution in [-0.2, 0) is 11.8 Å². The molecular formula is C16H21ClN8O2. The SMILES string of the molecule is CO[C@H]1CN(N)C[C@@H]1COc1nc(Nc2cnn(C)c2)nc2[nH]cc(Cl)c12. The van der Waals surface area contributed by atoms with Gasteiger partial charge in [0.2, 0.25) is 11.8 Å². The first-order chi connectivity index (χ1) is 13.0. The number of fused-ring (bicyclic) bond motifs is 1. The number of hydrogen-bond donors (Lipinski definition) is 3. The van der Waals surface area contributed by atoms with Crippen molar-refractivity contribution in [3.05, 3.63) is 23.6 Å². The van der Waals surface area contributed by atoms with Crippen LogP contribution < -0.4 is 15.9 Å². The van der Waals surface area contributed by atoms with E-state index in [4.69, 9.17) is 26.9 Å². The molecule has 4 heterocycles. The van der Waals surface area contributed by atoms with Gasteiger partial charge >= 0.3 is 0 Å². The van der Waals surface area contributed by atoms with Crippen LogP contribution in [0.4, 0.5) is 11.6 Å². The second-order valence-corrected chi connectivity index (χ2v) is 6.95. The van der Waals surface area contributed by atoms with Crippen LogP contribution in [0.15, 0.2) is 18.6 Å². The van der Waals surface area contributed by atoms with Crippen LogP contribution in [0, 0.1) is 5.92 Å². The lowest BCUT2D eigenvalue weighted by Gasteiger charge is -2.17. The molecule has 1 aliphatic rings. The highest BCUT2D eigenvalue weighted by molar-refractivity contribution is 6.35. The van der Waals surface area contributed by atoms with E-state index >= 15 is 0 Å². The Morgan fingerprint density at radius 3 is 3.00 bits per heavy atom. The molecule has 3 aromatic heterocycles. The summed E-state index contributed by atoms with van der Waals surface area (Å²) in [7, 11) is 3.52. The van der Waals surface area contributed by atoms with Gasteiger partial charge in [-0.3, -0.25) is 10.5 Å². The number of anilines is 2. The third-order valence-electron chi connectivity index (χ3n) is 4.56. The summed E-state index contributed by atoms with van der Waals surface area (Å²) in [6, 6.07) is 0. The molecule has 27 heavy (non-hydrogen) atoms. The number of aryl methyl sites for hydroxylation is 1. The molecule has 1 aliphatic heterocycles. The molecule has 0 aromatic carbocycles. The number of hydrazine groups is 1. The fraction of sp³-hybridized carbons (Fsp3) is 0.438. The Kier molecular flexibility index (Phi) is 4.87. The average Bonchev–Trinajstić information content (AvgIpc) is 3.32. The Morgan fingerprint density at radius 2 is 2.26 bits per heavy atom. The highest BCUT2D eigenvalue weighted by Gasteiger charge is 2.32. The fourth-order valence-corrected chi connectivity index (χ4v) is 3.45. The lowest BCUT2D eigenvalue weighted by atomic mass is 10.1. The number of aromatic nitrogens is 5. The Labute approximate surface area is 160 Å². The zero-order valence-electron chi connectivity index (χ0n) is 15.0. The second kappa shape index (κ2) is 7.31. The first-order valence-corrected chi connectivity index (χ1v) is 8.87. The third kappa shape index (κ3) is 3.69. The number of aromatic amines is 1. The van der Waals surface area contributed by atoms with Crippen molar-refractivity contribution >= 4 is 34.3 Å². The van der Waals surface area contributed by atoms with Crippen molar-refractivity contribution in [2.45, 2.75) is 6.10 Å². The summed E-state index contributed by atoms with van der Waals surface area (Å²) >= 11 is 6.29. The molecule has 11 heteroatoms. The van der Waals surface area contributed by atoms with Gasteiger partial charge in [-0.2, -0.15) is 15.1 Å². The molecule has 0 unspecified atom stereocenters. The van der Waals surface area contributed by atoms with Crippen LogP contribution in [0.3, 0.4) is 0 Å². The van der Waals surface area contributed by atoms with E-state index in [-0.39, 0.29) is 12.0 Å². The van der Waals surface area contributed by atoms with Crippen molar-refractivity contribution in [3.63, 3.8) is 0 Å². The molecule has 0 aliphatic carbocycles. The zero-order valence-corrected chi connectivity index (χ0v) is 15.8. The van der Waals surface area contributed by atoms with Gasteiger partial charge in [0, 0.05) is 45.6 Å². The summed E-state index contributed by atoms with van der Waals surface area (Å²) in [5, 5.41) is 10.1. The van der Waals surface area contributed by atoms with Gasteiger partial charge in [-0.25, -0.2) is 5.01 Å². The van der Waals surface area contributed by atoms with E-state index in [9.17, 15) is 0 Å². The van der Waals surface area contributed by atoms with E-state index in [2.05, 4.69) is 25.4 Å². The molecule has 0 amide bonds. The molecule has 0 spiro atoms. The third-order valence-corrected chi connectivity index (χ3v) is 4.86. The fourth-order valence-electron chi connectivity index (χ4n) is 3.23. The zero-order chi connectivity index (χ0) is 19.0. The lowest BCUT2D eigenvalue weighted by molar-refractivity contribution is 0.0601. The summed E-state index contributed by atoms with van der Waals surface area (Å²) < 4.78 is 13.2. The number of nitrogens with zero attached hydrogens (tertiary/aromatic N) is 5. The lowest BCUT2D eigenvalue weighted by Crippen LogP contribution is -2.29. The maximum Gasteiger partial charge on any atom is 0.232 e. The smallest absolute Gasteiger partial charge is 0.232 e. The minimum Gasteiger partial charge on any atom is -0.477 e. The predicted molar refractivity (Wildman–Crippen MR) is 101 cm³/mol. The first-order valence-electron chi connectivity index (χ1n) is 8.49. The summed E-state index contributed by atoms with van der Waals surface area (Å²) in [4.78, 5) is 12.0. The van der Waals surface area contributed by atoms with Crippen LogP contribution in [0.5, 0.6) is 5.88 Å². The van der Waals surface area contributed by atoms with Crippen LogP contribution in [-0.4, -0.2) is 62.7 Å². The van der Waals surface area contributed by atoms with Gasteiger partial charge in [0.25, 0.3) is 0 Å². The van der Waals surface area contributed by atoms with Crippen molar-refractivity contribution in [2.75, 3.05) is 32.1 Å². The molecule has 0 bridgehead atoms. The molecule has 144 valence electrons. The number of nitrogens with two attached hydrogens (primary N) is 1. The number of halogens is 1. The topological polar surface area (TPSA) is 119 Å². The van der Waals surface area contributed by atoms with E-state index in [1.165, 1.54) is 0 Å². The van der Waals surface area contributed by atoms with Gasteiger partial charge in [-0.05, 0) is 0 Å². The van der Waals surface area contributed by atoms with Crippen molar-refractivity contribution < 1.29 is 9.47 Å². The molecule has 0 saturated carbocycles. The number of hydrogen-bond acceptors (Lipinski definition) is 8. The number of nitrogens with one attached hydrogen (secondary N) is 2. The quantitative estimate of drug-likeness (QED) is 0.537. The Morgan fingerprint density at radius 1 is 1.41 bits per heavy atom. The summed E-state index contributed by atoms with van der Waals surface area (Å²) in [6.07, 6.45) is 5.19. The molecule has 4 N–H and O–H groups in total. The number of ether oxygens (including phenoxy) is 2. The molecule has 1 fully saturated rings. The Hall–Kier alpha value is -2.40. The maximum absolute atomic E-state index is 6.29. The summed E-state index contributed by atoms with van der Waals surface area (Å²) in [5.74, 6) is 6.83. The van der Waals surface area contributed by atoms with E-state index in [1.807, 2.05) is 13.2 Å². The van der Waals surface area contributed by atoms with Crippen molar-refractivity contribution in [2.24, 2.45) is 18.8 Å². The van der Waals surface area contributed by atoms with Gasteiger partial charge in [-0.1, -0.05) is 11.6 Å². The van der Waals surface area contributed by atoms with Gasteiger partial charge in [0.1, 0.15) is 5.65 Å². The van der Waals surface area contributed by atoms with Crippen LogP contribution in [0.25, 0.3) is 11.0 Å². The van der Waals surface area contributed by atoms with Crippen LogP contribution in [0.1, 0.15) is 0 Å². The van der Waals surface area contributed by atoms with Crippen LogP contribution in [0.2, 0.25) is 5.02 Å². The Balaban J connectivity index is 1.59. The van der Waals surface area contributed by atoms with Gasteiger partial charge < -0.3 is 19.8 Å². The average molecular weight is 393 g/mol. The predicted octanol–water partition coefficient (Wildman–Crippen LogP) is 1.29. The summed E-state index contributed by atoms with van der Waals surface area (Å²) in [5.41, 5.74) is 1.36. The normalized spacial score (nSPS) is 20.4. The minimum atomic E-state index is 0.0158. The van der Waals surface area contributed by atoms with E-state index in [0.29, 0.717) is 47.6 Å². The highest BCUT2D eigenvalue weighted by atomic mass is 35.5. The summed E-state index contributed by atoms with van der Waals surface area (Å²) in [6.45, 7) is 1.77. The van der Waals surface area contributed by atoms with E-state index in [0.717, 1.165) is 5.69 Å². The molecular weight excluding hydrogens is 372 g/mol. The van der Waals surface area contributed by atoms with Gasteiger partial charge in [0.05, 0.1) is 35.0 Å². The first kappa shape index (κ1) is 18.0. The molecule has 10 nitrogen and oxygen atoms in total. The second-order valence-electron chi connectivity index (χ2n) is 6.54. The number of rotatable bonds is 6. The number of methoxy groups -OCH3 is 1. The van der Waals surface area contributed by atoms with Crippen molar-refractivity contribution in [1.82, 2.24) is 29.7 Å². The standard InChI is InChI=1S/C16H21ClN8O2/c1-24-6-10(3-20-24)21-16-22-14-13(11(17)4-19-14)15(23-16)27-8-9-5-25(18)7-12(9)26-2/h3-4,6,9,12H,5,7-8,18H2,1-2H3,(H2,19,21,22,23)/t9-,12+/m1/s1. The molecule has 1 saturated heterocycles. The molecule has 0 radical (unpaired) electrons. The van der Waals surface area contributed by atoms with Crippen LogP contribution >= 0.6 is 11.6 Å². The van der Waals surface area contributed by atoms with Gasteiger partial charge in [0.15, 0.2) is 0 Å². The molecule has 3 aromatic rings. The highest BCUT2D eigenvalue weighted by Crippen LogP contribution is 2.32. The Bertz CT molecular complexity index is 942. The number of H-pyrrole nitrogens is 1.